The minimum atomic E-state index is -0.242. The van der Waals surface area contributed by atoms with Crippen LogP contribution in [-0.4, -0.2) is 6.71 Å². The summed E-state index contributed by atoms with van der Waals surface area (Å²) in [6.07, 6.45) is 0. The zero-order valence-corrected chi connectivity index (χ0v) is 28.4. The normalized spacial score (nSPS) is 14.6. The molecule has 0 N–H and O–H groups in total. The molecule has 0 atom stereocenters. The Labute approximate surface area is 297 Å². The molecule has 3 aliphatic rings. The molecule has 8 aromatic carbocycles. The second-order valence-electron chi connectivity index (χ2n) is 14.6. The number of halogens is 1. The van der Waals surface area contributed by atoms with Crippen molar-refractivity contribution in [2.24, 2.45) is 0 Å². The van der Waals surface area contributed by atoms with Crippen molar-refractivity contribution in [1.29, 1.82) is 0 Å². The van der Waals surface area contributed by atoms with E-state index in [1.165, 1.54) is 71.6 Å². The van der Waals surface area contributed by atoms with E-state index in [0.29, 0.717) is 0 Å². The molecule has 0 aromatic heterocycles. The number of hydrogen-bond donors (Lipinski definition) is 0. The van der Waals surface area contributed by atoms with Crippen LogP contribution in [0.25, 0.3) is 32.7 Å². The molecule has 0 fully saturated rings. The van der Waals surface area contributed by atoms with Crippen LogP contribution in [0.2, 0.25) is 0 Å². The lowest BCUT2D eigenvalue weighted by molar-refractivity contribution is 0.628. The number of para-hydroxylation sites is 1. The van der Waals surface area contributed by atoms with Crippen molar-refractivity contribution in [2.45, 2.75) is 19.3 Å². The van der Waals surface area contributed by atoms with E-state index in [1.807, 2.05) is 12.1 Å². The summed E-state index contributed by atoms with van der Waals surface area (Å²) in [5.41, 5.74) is 15.8. The summed E-state index contributed by atoms with van der Waals surface area (Å²) in [6, 6.07) is 55.9. The van der Waals surface area contributed by atoms with Gasteiger partial charge in [-0.05, 0) is 109 Å². The molecule has 0 amide bonds. The third kappa shape index (κ3) is 3.72. The summed E-state index contributed by atoms with van der Waals surface area (Å²) in [4.78, 5) is 4.87. The minimum absolute atomic E-state index is 0.0655. The number of benzene rings is 8. The predicted molar refractivity (Wildman–Crippen MR) is 213 cm³/mol. The van der Waals surface area contributed by atoms with Gasteiger partial charge in [0.1, 0.15) is 5.82 Å². The molecular formula is C47H32BFN2. The molecule has 0 spiro atoms. The van der Waals surface area contributed by atoms with Crippen molar-refractivity contribution in [3.63, 3.8) is 0 Å². The molecule has 1 aliphatic carbocycles. The van der Waals surface area contributed by atoms with E-state index in [2.05, 4.69) is 157 Å². The van der Waals surface area contributed by atoms with Crippen molar-refractivity contribution in [3.8, 4) is 11.1 Å². The smallest absolute Gasteiger partial charge is 0.253 e. The van der Waals surface area contributed by atoms with Crippen molar-refractivity contribution < 1.29 is 4.39 Å². The van der Waals surface area contributed by atoms with Gasteiger partial charge in [0, 0.05) is 44.9 Å². The molecule has 51 heavy (non-hydrogen) atoms. The van der Waals surface area contributed by atoms with Crippen LogP contribution in [0.3, 0.4) is 0 Å². The SMILES string of the molecule is CC1(C)c2ccccc2-c2c3c(c4ccccc4c21)N(c1ccc(F)cc1)c1cccc2c1B3c1c(ccc3ccccc13)N2c1ccccc1. The monoisotopic (exact) mass is 654 g/mol. The average molecular weight is 655 g/mol. The van der Waals surface area contributed by atoms with Crippen LogP contribution in [0.15, 0.2) is 158 Å². The number of rotatable bonds is 2. The first kappa shape index (κ1) is 28.7. The highest BCUT2D eigenvalue weighted by Gasteiger charge is 2.49. The van der Waals surface area contributed by atoms with E-state index in [0.717, 1.165) is 22.7 Å². The lowest BCUT2D eigenvalue weighted by Gasteiger charge is -2.45. The first-order chi connectivity index (χ1) is 25.0. The predicted octanol–water partition coefficient (Wildman–Crippen LogP) is 10.5. The molecule has 2 heterocycles. The Morgan fingerprint density at radius 1 is 0.490 bits per heavy atom. The van der Waals surface area contributed by atoms with Gasteiger partial charge < -0.3 is 9.80 Å². The third-order valence-electron chi connectivity index (χ3n) is 11.6. The number of nitrogens with zero attached hydrogens (tertiary/aromatic N) is 2. The summed E-state index contributed by atoms with van der Waals surface area (Å²) in [5.74, 6) is -0.242. The van der Waals surface area contributed by atoms with Crippen LogP contribution >= 0.6 is 0 Å². The molecule has 0 saturated carbocycles. The fraction of sp³-hybridized carbons (Fsp3) is 0.0638. The van der Waals surface area contributed by atoms with Gasteiger partial charge in [-0.15, -0.1) is 0 Å². The average Bonchev–Trinajstić information content (AvgIpc) is 3.42. The van der Waals surface area contributed by atoms with Crippen LogP contribution in [0.1, 0.15) is 25.0 Å². The molecule has 11 rings (SSSR count). The fourth-order valence-corrected chi connectivity index (χ4v) is 9.68. The van der Waals surface area contributed by atoms with E-state index < -0.39 is 0 Å². The fourth-order valence-electron chi connectivity index (χ4n) is 9.68. The highest BCUT2D eigenvalue weighted by molar-refractivity contribution is 7.02. The van der Waals surface area contributed by atoms with Gasteiger partial charge in [-0.1, -0.05) is 117 Å². The van der Waals surface area contributed by atoms with Crippen LogP contribution in [0.4, 0.5) is 38.5 Å². The highest BCUT2D eigenvalue weighted by atomic mass is 19.1. The maximum Gasteiger partial charge on any atom is 0.253 e. The standard InChI is InChI=1S/C47H32BFN2/c1-47(2)37-20-11-10-19-36(37)41-42(47)34-17-8-9-18-35(34)46-45(41)48-43-33-16-7-6-13-29(33)23-28-40(43)50(31-14-4-3-5-15-31)38-21-12-22-39(44(38)48)51(46)32-26-24-30(49)25-27-32/h3-28H,1-2H3. The molecule has 8 aromatic rings. The van der Waals surface area contributed by atoms with Gasteiger partial charge in [0.05, 0.1) is 0 Å². The molecular weight excluding hydrogens is 622 g/mol. The summed E-state index contributed by atoms with van der Waals surface area (Å²) in [5, 5.41) is 4.96. The Kier molecular flexibility index (Phi) is 5.74. The van der Waals surface area contributed by atoms with Gasteiger partial charge in [0.15, 0.2) is 0 Å². The van der Waals surface area contributed by atoms with E-state index in [9.17, 15) is 4.39 Å². The molecule has 240 valence electrons. The maximum absolute atomic E-state index is 14.6. The van der Waals surface area contributed by atoms with E-state index in [1.54, 1.807) is 12.1 Å². The Hall–Kier alpha value is -6.13. The molecule has 0 unspecified atom stereocenters. The summed E-state index contributed by atoms with van der Waals surface area (Å²) >= 11 is 0. The van der Waals surface area contributed by atoms with Gasteiger partial charge >= 0.3 is 0 Å². The number of fused-ring (bicyclic) bond motifs is 13. The molecule has 2 aliphatic heterocycles. The Morgan fingerprint density at radius 3 is 1.92 bits per heavy atom. The number of hydrogen-bond acceptors (Lipinski definition) is 2. The third-order valence-corrected chi connectivity index (χ3v) is 11.6. The lowest BCUT2D eigenvalue weighted by atomic mass is 9.32. The second kappa shape index (κ2) is 10.2. The first-order valence-corrected chi connectivity index (χ1v) is 17.8. The highest BCUT2D eigenvalue weighted by Crippen LogP contribution is 2.55. The Balaban J connectivity index is 1.39. The topological polar surface area (TPSA) is 6.48 Å². The van der Waals surface area contributed by atoms with Gasteiger partial charge in [-0.3, -0.25) is 0 Å². The van der Waals surface area contributed by atoms with Crippen molar-refractivity contribution in [1.82, 2.24) is 0 Å². The van der Waals surface area contributed by atoms with Crippen LogP contribution in [0.5, 0.6) is 0 Å². The van der Waals surface area contributed by atoms with Gasteiger partial charge in [-0.25, -0.2) is 4.39 Å². The Morgan fingerprint density at radius 2 is 1.12 bits per heavy atom. The molecule has 4 heteroatoms. The molecule has 2 nitrogen and oxygen atoms in total. The first-order valence-electron chi connectivity index (χ1n) is 17.8. The van der Waals surface area contributed by atoms with Gasteiger partial charge in [0.2, 0.25) is 0 Å². The van der Waals surface area contributed by atoms with Crippen LogP contribution < -0.4 is 26.2 Å². The lowest BCUT2D eigenvalue weighted by Crippen LogP contribution is -2.62. The van der Waals surface area contributed by atoms with Crippen molar-refractivity contribution >= 4 is 78.8 Å². The zero-order valence-electron chi connectivity index (χ0n) is 28.4. The molecule has 0 radical (unpaired) electrons. The summed E-state index contributed by atoms with van der Waals surface area (Å²) in [6.45, 7) is 4.71. The largest absolute Gasteiger partial charge is 0.311 e. The molecule has 0 bridgehead atoms. The van der Waals surface area contributed by atoms with E-state index in [4.69, 9.17) is 0 Å². The van der Waals surface area contributed by atoms with Gasteiger partial charge in [-0.2, -0.15) is 0 Å². The summed E-state index contributed by atoms with van der Waals surface area (Å²) < 4.78 is 14.6. The van der Waals surface area contributed by atoms with E-state index >= 15 is 0 Å². The van der Waals surface area contributed by atoms with E-state index in [-0.39, 0.29) is 17.9 Å². The maximum atomic E-state index is 14.6. The van der Waals surface area contributed by atoms with Crippen molar-refractivity contribution in [2.75, 3.05) is 9.80 Å². The number of anilines is 6. The minimum Gasteiger partial charge on any atom is -0.311 e. The summed E-state index contributed by atoms with van der Waals surface area (Å²) in [7, 11) is 0. The zero-order chi connectivity index (χ0) is 34.0. The molecule has 0 saturated heterocycles. The van der Waals surface area contributed by atoms with Crippen LogP contribution in [0, 0.1) is 5.82 Å². The van der Waals surface area contributed by atoms with Gasteiger partial charge in [0.25, 0.3) is 6.71 Å². The Bertz CT molecular complexity index is 2750. The quantitative estimate of drug-likeness (QED) is 0.171. The van der Waals surface area contributed by atoms with Crippen LogP contribution in [-0.2, 0) is 5.41 Å². The second-order valence-corrected chi connectivity index (χ2v) is 14.6. The van der Waals surface area contributed by atoms with Crippen molar-refractivity contribution in [3.05, 3.63) is 175 Å².